The second kappa shape index (κ2) is 8.32. The molecule has 3 heterocycles. The van der Waals surface area contributed by atoms with Gasteiger partial charge in [-0.2, -0.15) is 0 Å². The van der Waals surface area contributed by atoms with Gasteiger partial charge >= 0.3 is 0 Å². The number of nitrogens with one attached hydrogen (secondary N) is 1. The van der Waals surface area contributed by atoms with Gasteiger partial charge in [0.15, 0.2) is 0 Å². The number of pyridine rings is 1. The zero-order chi connectivity index (χ0) is 20.6. The van der Waals surface area contributed by atoms with Crippen molar-refractivity contribution in [3.05, 3.63) is 64.4 Å². The Bertz CT molecular complexity index is 918. The molecule has 2 aliphatic heterocycles. The normalized spacial score (nSPS) is 28.5. The summed E-state index contributed by atoms with van der Waals surface area (Å²) in [5.74, 6) is 0.880. The molecule has 0 bridgehead atoms. The summed E-state index contributed by atoms with van der Waals surface area (Å²) in [4.78, 5) is 20.6. The van der Waals surface area contributed by atoms with E-state index in [0.717, 1.165) is 64.0 Å². The fourth-order valence-electron chi connectivity index (χ4n) is 6.05. The predicted molar refractivity (Wildman–Crippen MR) is 120 cm³/mol. The second-order valence-electron chi connectivity index (χ2n) is 9.30. The van der Waals surface area contributed by atoms with Crippen LogP contribution in [0.1, 0.15) is 42.5 Å². The molecule has 0 saturated carbocycles. The summed E-state index contributed by atoms with van der Waals surface area (Å²) in [6, 6.07) is 14.7. The zero-order valence-electron chi connectivity index (χ0n) is 17.4. The molecule has 5 heteroatoms. The molecule has 2 fully saturated rings. The van der Waals surface area contributed by atoms with E-state index in [1.807, 2.05) is 6.07 Å². The smallest absolute Gasteiger partial charge is 0.227 e. The van der Waals surface area contributed by atoms with Crippen LogP contribution < -0.4 is 5.32 Å². The summed E-state index contributed by atoms with van der Waals surface area (Å²) in [7, 11) is 0. The number of hydrogen-bond acceptors (Lipinski definition) is 3. The minimum atomic E-state index is -0.130. The average Bonchev–Trinajstić information content (AvgIpc) is 3.18. The number of amides is 1. The minimum absolute atomic E-state index is 0.00463. The number of carbonyl (C=O) groups excluding carboxylic acids is 1. The maximum atomic E-state index is 13.8. The molecule has 1 N–H and O–H groups in total. The molecule has 2 saturated heterocycles. The van der Waals surface area contributed by atoms with E-state index in [9.17, 15) is 4.79 Å². The minimum Gasteiger partial charge on any atom is -0.342 e. The van der Waals surface area contributed by atoms with Crippen molar-refractivity contribution in [3.8, 4) is 0 Å². The molecular weight excluding hydrogens is 394 g/mol. The summed E-state index contributed by atoms with van der Waals surface area (Å²) in [5, 5.41) is 4.11. The van der Waals surface area contributed by atoms with Crippen LogP contribution in [0.5, 0.6) is 0 Å². The van der Waals surface area contributed by atoms with Gasteiger partial charge in [-0.1, -0.05) is 48.0 Å². The summed E-state index contributed by atoms with van der Waals surface area (Å²) in [6.07, 6.45) is 6.45. The molecule has 1 aromatic heterocycles. The molecule has 158 valence electrons. The third-order valence-corrected chi connectivity index (χ3v) is 7.68. The van der Waals surface area contributed by atoms with Gasteiger partial charge < -0.3 is 10.2 Å². The Hall–Kier alpha value is -1.91. The number of rotatable bonds is 3. The second-order valence-corrected chi connectivity index (χ2v) is 9.69. The van der Waals surface area contributed by atoms with Crippen LogP contribution in [0.25, 0.3) is 0 Å². The summed E-state index contributed by atoms with van der Waals surface area (Å²) in [6.45, 7) is 3.40. The molecular formula is C25H30ClN3O. The van der Waals surface area contributed by atoms with Crippen LogP contribution in [-0.4, -0.2) is 42.0 Å². The van der Waals surface area contributed by atoms with Crippen molar-refractivity contribution in [1.29, 1.82) is 0 Å². The van der Waals surface area contributed by atoms with Crippen molar-refractivity contribution < 1.29 is 4.79 Å². The molecule has 1 aromatic carbocycles. The van der Waals surface area contributed by atoms with Gasteiger partial charge in [-0.3, -0.25) is 4.79 Å². The number of carbonyl (C=O) groups is 1. The highest BCUT2D eigenvalue weighted by molar-refractivity contribution is 6.29. The van der Waals surface area contributed by atoms with E-state index in [1.165, 1.54) is 17.5 Å². The Labute approximate surface area is 184 Å². The van der Waals surface area contributed by atoms with Gasteiger partial charge in [-0.25, -0.2) is 4.98 Å². The van der Waals surface area contributed by atoms with Gasteiger partial charge in [0.2, 0.25) is 5.91 Å². The van der Waals surface area contributed by atoms with Crippen molar-refractivity contribution in [2.75, 3.05) is 26.2 Å². The number of aryl methyl sites for hydroxylation is 1. The van der Waals surface area contributed by atoms with E-state index >= 15 is 0 Å². The van der Waals surface area contributed by atoms with Gasteiger partial charge in [0.1, 0.15) is 5.15 Å². The first-order valence-electron chi connectivity index (χ1n) is 11.3. The number of fused-ring (bicyclic) bond motifs is 2. The van der Waals surface area contributed by atoms with Gasteiger partial charge in [-0.15, -0.1) is 0 Å². The molecule has 30 heavy (non-hydrogen) atoms. The molecule has 1 spiro atoms. The van der Waals surface area contributed by atoms with E-state index in [0.29, 0.717) is 17.0 Å². The lowest BCUT2D eigenvalue weighted by molar-refractivity contribution is -0.138. The Morgan fingerprint density at radius 3 is 2.93 bits per heavy atom. The number of aromatic nitrogens is 1. The Morgan fingerprint density at radius 1 is 1.20 bits per heavy atom. The average molecular weight is 424 g/mol. The van der Waals surface area contributed by atoms with Gasteiger partial charge in [0, 0.05) is 37.3 Å². The highest BCUT2D eigenvalue weighted by atomic mass is 35.5. The monoisotopic (exact) mass is 423 g/mol. The predicted octanol–water partition coefficient (Wildman–Crippen LogP) is 4.01. The highest BCUT2D eigenvalue weighted by Gasteiger charge is 2.51. The van der Waals surface area contributed by atoms with E-state index in [-0.39, 0.29) is 11.3 Å². The molecule has 1 amide bonds. The lowest BCUT2D eigenvalue weighted by Gasteiger charge is -2.42. The number of likely N-dealkylation sites (tertiary alicyclic amines) is 1. The summed E-state index contributed by atoms with van der Waals surface area (Å²) >= 11 is 6.17. The van der Waals surface area contributed by atoms with Crippen molar-refractivity contribution in [1.82, 2.24) is 15.2 Å². The Kier molecular flexibility index (Phi) is 5.55. The lowest BCUT2D eigenvalue weighted by atomic mass is 9.65. The quantitative estimate of drug-likeness (QED) is 0.758. The van der Waals surface area contributed by atoms with E-state index < -0.39 is 0 Å². The first-order valence-corrected chi connectivity index (χ1v) is 11.7. The molecule has 3 atom stereocenters. The third kappa shape index (κ3) is 3.65. The fraction of sp³-hybridized carbons (Fsp3) is 0.520. The van der Waals surface area contributed by atoms with Gasteiger partial charge in [0.05, 0.1) is 5.92 Å². The topological polar surface area (TPSA) is 45.2 Å². The van der Waals surface area contributed by atoms with E-state index in [1.54, 1.807) is 0 Å². The van der Waals surface area contributed by atoms with Gasteiger partial charge in [0.25, 0.3) is 0 Å². The lowest BCUT2D eigenvalue weighted by Crippen LogP contribution is -2.50. The Morgan fingerprint density at radius 2 is 2.07 bits per heavy atom. The van der Waals surface area contributed by atoms with E-state index in [2.05, 4.69) is 51.6 Å². The van der Waals surface area contributed by atoms with Crippen LogP contribution in [0, 0.1) is 11.8 Å². The SMILES string of the molecule is O=C([C@@H]1CNC[C@]12CCCc1nc(Cl)ccc12)N1CCCC(Cc2ccccc2)C1. The van der Waals surface area contributed by atoms with Crippen LogP contribution in [-0.2, 0) is 23.1 Å². The molecule has 4 nitrogen and oxygen atoms in total. The van der Waals surface area contributed by atoms with Crippen LogP contribution in [0.4, 0.5) is 0 Å². The van der Waals surface area contributed by atoms with Gasteiger partial charge in [-0.05, 0) is 61.6 Å². The first kappa shape index (κ1) is 20.0. The number of piperidine rings is 1. The summed E-state index contributed by atoms with van der Waals surface area (Å²) < 4.78 is 0. The van der Waals surface area contributed by atoms with Crippen LogP contribution in [0.15, 0.2) is 42.5 Å². The first-order chi connectivity index (χ1) is 14.7. The largest absolute Gasteiger partial charge is 0.342 e. The Balaban J connectivity index is 1.36. The van der Waals surface area contributed by atoms with Crippen molar-refractivity contribution >= 4 is 17.5 Å². The number of halogens is 1. The molecule has 5 rings (SSSR count). The van der Waals surface area contributed by atoms with Crippen molar-refractivity contribution in [2.24, 2.45) is 11.8 Å². The van der Waals surface area contributed by atoms with Crippen molar-refractivity contribution in [2.45, 2.75) is 43.9 Å². The number of nitrogens with zero attached hydrogens (tertiary/aromatic N) is 2. The van der Waals surface area contributed by atoms with Crippen molar-refractivity contribution in [3.63, 3.8) is 0 Å². The standard InChI is InChI=1S/C25H30ClN3O/c26-23-11-10-20-22(28-23)9-4-12-25(20)17-27-15-21(25)24(30)29-13-5-8-19(16-29)14-18-6-2-1-3-7-18/h1-3,6-7,10-11,19,21,27H,4-5,8-9,12-17H2/t19?,21-,25-/m0/s1. The van der Waals surface area contributed by atoms with Crippen LogP contribution in [0.3, 0.4) is 0 Å². The highest BCUT2D eigenvalue weighted by Crippen LogP contribution is 2.45. The van der Waals surface area contributed by atoms with Crippen LogP contribution >= 0.6 is 11.6 Å². The molecule has 3 aliphatic rings. The van der Waals surface area contributed by atoms with E-state index in [4.69, 9.17) is 11.6 Å². The molecule has 2 aromatic rings. The molecule has 1 unspecified atom stereocenters. The number of hydrogen-bond donors (Lipinski definition) is 1. The maximum absolute atomic E-state index is 13.8. The number of benzene rings is 1. The summed E-state index contributed by atoms with van der Waals surface area (Å²) in [5.41, 5.74) is 3.59. The molecule has 0 radical (unpaired) electrons. The fourth-order valence-corrected chi connectivity index (χ4v) is 6.22. The zero-order valence-corrected chi connectivity index (χ0v) is 18.2. The maximum Gasteiger partial charge on any atom is 0.227 e. The molecule has 1 aliphatic carbocycles. The third-order valence-electron chi connectivity index (χ3n) is 7.46. The van der Waals surface area contributed by atoms with Crippen LogP contribution in [0.2, 0.25) is 5.15 Å².